The number of sulfonamides is 1. The molecule has 1 aromatic heterocycles. The number of nitrogens with zero attached hydrogens (tertiary/aromatic N) is 2. The minimum Gasteiger partial charge on any atom is -0.472 e. The molecule has 0 aliphatic heterocycles. The number of nitrogens with one attached hydrogen (secondary N) is 2. The predicted octanol–water partition coefficient (Wildman–Crippen LogP) is 3.01. The Balaban J connectivity index is 1.51. The van der Waals surface area contributed by atoms with Crippen LogP contribution in [0.25, 0.3) is 11.3 Å². The number of rotatable bonds is 10. The van der Waals surface area contributed by atoms with Gasteiger partial charge in [-0.3, -0.25) is 5.32 Å². The third kappa shape index (κ3) is 5.46. The molecule has 3 rings (SSSR count). The summed E-state index contributed by atoms with van der Waals surface area (Å²) in [7, 11) is -0.366. The molecule has 1 heterocycles. The summed E-state index contributed by atoms with van der Waals surface area (Å²) in [6, 6.07) is 7.14. The first-order chi connectivity index (χ1) is 16.0. The van der Waals surface area contributed by atoms with E-state index in [-0.39, 0.29) is 18.8 Å². The first-order valence-corrected chi connectivity index (χ1v) is 11.1. The second-order valence-corrected chi connectivity index (χ2v) is 8.66. The zero-order valence-corrected chi connectivity index (χ0v) is 18.7. The van der Waals surface area contributed by atoms with Crippen LogP contribution in [0.3, 0.4) is 0 Å². The van der Waals surface area contributed by atoms with Gasteiger partial charge in [0.25, 0.3) is 10.0 Å². The highest BCUT2D eigenvalue weighted by atomic mass is 32.2. The summed E-state index contributed by atoms with van der Waals surface area (Å²) in [5.41, 5.74) is 1.56. The van der Waals surface area contributed by atoms with E-state index in [4.69, 9.17) is 4.42 Å². The van der Waals surface area contributed by atoms with E-state index in [0.717, 1.165) is 5.69 Å². The zero-order valence-electron chi connectivity index (χ0n) is 17.8. The number of aromatic nitrogens is 1. The second kappa shape index (κ2) is 10.4. The van der Waals surface area contributed by atoms with Gasteiger partial charge < -0.3 is 14.1 Å². The number of oxazole rings is 1. The van der Waals surface area contributed by atoms with Crippen LogP contribution in [-0.2, 0) is 10.0 Å². The average molecular weight is 506 g/mol. The van der Waals surface area contributed by atoms with Crippen molar-refractivity contribution in [3.8, 4) is 17.1 Å². The molecule has 0 unspecified atom stereocenters. The second-order valence-electron chi connectivity index (χ2n) is 7.02. The number of hydrogen-bond acceptors (Lipinski definition) is 7. The fraction of sp³-hybridized carbons (Fsp3) is 0.250. The van der Waals surface area contributed by atoms with Gasteiger partial charge in [-0.15, -0.1) is 0 Å². The summed E-state index contributed by atoms with van der Waals surface area (Å²) in [5, 5.41) is 1.86. The van der Waals surface area contributed by atoms with Crippen molar-refractivity contribution in [2.45, 2.75) is 5.22 Å². The van der Waals surface area contributed by atoms with Crippen molar-refractivity contribution in [2.24, 2.45) is 0 Å². The normalized spacial score (nSPS) is 11.6. The van der Waals surface area contributed by atoms with Gasteiger partial charge in [0.15, 0.2) is 11.5 Å². The van der Waals surface area contributed by atoms with E-state index in [1.54, 1.807) is 12.1 Å². The molecule has 0 atom stereocenters. The molecule has 2 N–H and O–H groups in total. The van der Waals surface area contributed by atoms with Crippen molar-refractivity contribution in [3.05, 3.63) is 59.5 Å². The molecule has 0 saturated heterocycles. The fourth-order valence-electron chi connectivity index (χ4n) is 2.68. The van der Waals surface area contributed by atoms with Gasteiger partial charge in [-0.05, 0) is 24.3 Å². The Bertz CT molecular complexity index is 1240. The number of anilines is 1. The van der Waals surface area contributed by atoms with Crippen molar-refractivity contribution in [1.29, 1.82) is 0 Å². The molecule has 0 amide bonds. The standard InChI is InChI=1S/C20H19F5N4O4S/c1-29(2)12-5-3-11(4-6-12)13-9-27-20(33-13)34(30,31)28-8-7-26-10-32-19-17(24)15(22)14(21)16(23)18(19)25/h3-6,9,26,28H,7-8,10H2,1-2H3. The summed E-state index contributed by atoms with van der Waals surface area (Å²) in [6.07, 6.45) is 1.26. The fourth-order valence-corrected chi connectivity index (χ4v) is 3.57. The predicted molar refractivity (Wildman–Crippen MR) is 111 cm³/mol. The highest BCUT2D eigenvalue weighted by Crippen LogP contribution is 2.29. The Morgan fingerprint density at radius 3 is 2.12 bits per heavy atom. The van der Waals surface area contributed by atoms with Gasteiger partial charge in [0.2, 0.25) is 29.1 Å². The van der Waals surface area contributed by atoms with Crippen LogP contribution in [0.1, 0.15) is 0 Å². The van der Waals surface area contributed by atoms with Crippen LogP contribution < -0.4 is 19.7 Å². The molecule has 34 heavy (non-hydrogen) atoms. The molecule has 0 fully saturated rings. The lowest BCUT2D eigenvalue weighted by Crippen LogP contribution is -2.33. The summed E-state index contributed by atoms with van der Waals surface area (Å²) in [5.74, 6) is -12.0. The van der Waals surface area contributed by atoms with E-state index >= 15 is 0 Å². The van der Waals surface area contributed by atoms with Crippen LogP contribution in [0, 0.1) is 29.1 Å². The first-order valence-electron chi connectivity index (χ1n) is 9.61. The molecule has 0 aliphatic rings. The summed E-state index contributed by atoms with van der Waals surface area (Å²) >= 11 is 0. The van der Waals surface area contributed by atoms with Crippen molar-refractivity contribution in [1.82, 2.24) is 15.0 Å². The molecule has 0 aliphatic carbocycles. The van der Waals surface area contributed by atoms with E-state index in [9.17, 15) is 30.4 Å². The molecule has 184 valence electrons. The molecule has 8 nitrogen and oxygen atoms in total. The maximum Gasteiger partial charge on any atom is 0.331 e. The van der Waals surface area contributed by atoms with Crippen LogP contribution in [0.15, 0.2) is 40.1 Å². The minimum atomic E-state index is -4.12. The number of hydrogen-bond donors (Lipinski definition) is 2. The van der Waals surface area contributed by atoms with Gasteiger partial charge in [-0.25, -0.2) is 31.3 Å². The van der Waals surface area contributed by atoms with E-state index in [2.05, 4.69) is 19.8 Å². The lowest BCUT2D eigenvalue weighted by molar-refractivity contribution is 0.242. The molecule has 0 spiro atoms. The average Bonchev–Trinajstić information content (AvgIpc) is 3.32. The van der Waals surface area contributed by atoms with Crippen LogP contribution in [0.5, 0.6) is 5.75 Å². The Kier molecular flexibility index (Phi) is 7.74. The molecular weight excluding hydrogens is 487 g/mol. The van der Waals surface area contributed by atoms with E-state index < -0.39 is 56.8 Å². The van der Waals surface area contributed by atoms with Crippen molar-refractivity contribution in [3.63, 3.8) is 0 Å². The third-order valence-corrected chi connectivity index (χ3v) is 5.70. The lowest BCUT2D eigenvalue weighted by Gasteiger charge is -2.12. The smallest absolute Gasteiger partial charge is 0.331 e. The number of ether oxygens (including phenoxy) is 1. The molecule has 0 saturated carbocycles. The van der Waals surface area contributed by atoms with E-state index in [1.807, 2.05) is 31.1 Å². The molecule has 14 heteroatoms. The van der Waals surface area contributed by atoms with Gasteiger partial charge in [-0.2, -0.15) is 8.78 Å². The van der Waals surface area contributed by atoms with Crippen molar-refractivity contribution in [2.75, 3.05) is 38.8 Å². The highest BCUT2D eigenvalue weighted by molar-refractivity contribution is 7.89. The zero-order chi connectivity index (χ0) is 25.0. The SMILES string of the molecule is CN(C)c1ccc(-c2cnc(S(=O)(=O)NCCNCOc3c(F)c(F)c(F)c(F)c3F)o2)cc1. The monoisotopic (exact) mass is 506 g/mol. The van der Waals surface area contributed by atoms with Crippen LogP contribution >= 0.6 is 0 Å². The van der Waals surface area contributed by atoms with Crippen LogP contribution in [-0.4, -0.2) is 47.3 Å². The Labute approximate surface area is 191 Å². The Hall–Kier alpha value is -3.23. The van der Waals surface area contributed by atoms with E-state index in [1.165, 1.54) is 6.20 Å². The summed E-state index contributed by atoms with van der Waals surface area (Å²) in [4.78, 5) is 5.66. The Morgan fingerprint density at radius 2 is 1.53 bits per heavy atom. The molecule has 0 bridgehead atoms. The largest absolute Gasteiger partial charge is 0.472 e. The van der Waals surface area contributed by atoms with Gasteiger partial charge in [0.05, 0.1) is 6.20 Å². The van der Waals surface area contributed by atoms with E-state index in [0.29, 0.717) is 5.56 Å². The van der Waals surface area contributed by atoms with Crippen molar-refractivity contribution >= 4 is 15.7 Å². The van der Waals surface area contributed by atoms with Gasteiger partial charge in [0, 0.05) is 38.4 Å². The third-order valence-electron chi connectivity index (χ3n) is 4.46. The highest BCUT2D eigenvalue weighted by Gasteiger charge is 2.27. The minimum absolute atomic E-state index is 0.117. The Morgan fingerprint density at radius 1 is 0.941 bits per heavy atom. The van der Waals surface area contributed by atoms with Crippen molar-refractivity contribution < 1.29 is 39.5 Å². The lowest BCUT2D eigenvalue weighted by atomic mass is 10.1. The quantitative estimate of drug-likeness (QED) is 0.144. The first kappa shape index (κ1) is 25.4. The molecule has 0 radical (unpaired) electrons. The number of halogens is 5. The van der Waals surface area contributed by atoms with Crippen LogP contribution in [0.2, 0.25) is 0 Å². The maximum atomic E-state index is 13.5. The maximum absolute atomic E-state index is 13.5. The topological polar surface area (TPSA) is 96.7 Å². The van der Waals surface area contributed by atoms with Gasteiger partial charge >= 0.3 is 5.22 Å². The molecular formula is C20H19F5N4O4S. The van der Waals surface area contributed by atoms with Gasteiger partial charge in [-0.1, -0.05) is 0 Å². The summed E-state index contributed by atoms with van der Waals surface area (Å²) < 4.78 is 103. The van der Waals surface area contributed by atoms with Crippen LogP contribution in [0.4, 0.5) is 27.6 Å². The van der Waals surface area contributed by atoms with Gasteiger partial charge in [0.1, 0.15) is 6.73 Å². The molecule has 2 aromatic carbocycles. The molecule has 3 aromatic rings. The summed E-state index contributed by atoms with van der Waals surface area (Å²) in [6.45, 7) is -1.00. The number of benzene rings is 2.